The van der Waals surface area contributed by atoms with E-state index < -0.39 is 0 Å². The fourth-order valence-corrected chi connectivity index (χ4v) is 1.23. The molecule has 0 saturated heterocycles. The van der Waals surface area contributed by atoms with Crippen molar-refractivity contribution in [2.75, 3.05) is 0 Å². The van der Waals surface area contributed by atoms with E-state index in [1.807, 2.05) is 52.9 Å². The van der Waals surface area contributed by atoms with Crippen LogP contribution in [0.1, 0.15) is 5.56 Å². The number of hydrogen-bond acceptors (Lipinski definition) is 1. The van der Waals surface area contributed by atoms with E-state index in [2.05, 4.69) is 5.32 Å². The Balaban J connectivity index is 2.40. The second kappa shape index (κ2) is 5.75. The van der Waals surface area contributed by atoms with E-state index in [0.717, 1.165) is 5.56 Å². The summed E-state index contributed by atoms with van der Waals surface area (Å²) < 4.78 is 1.69. The Morgan fingerprint density at radius 1 is 1.38 bits per heavy atom. The Kier molecular flexibility index (Phi) is 4.53. The monoisotopic (exact) mass is 287 g/mol. The van der Waals surface area contributed by atoms with Crippen molar-refractivity contribution < 1.29 is 4.79 Å². The van der Waals surface area contributed by atoms with Crippen molar-refractivity contribution in [2.24, 2.45) is 0 Å². The van der Waals surface area contributed by atoms with Crippen LogP contribution in [0.5, 0.6) is 0 Å². The predicted molar refractivity (Wildman–Crippen MR) is 61.4 cm³/mol. The summed E-state index contributed by atoms with van der Waals surface area (Å²) in [5.41, 5.74) is 1.11. The molecule has 0 bridgehead atoms. The molecule has 1 aromatic carbocycles. The SMILES string of the molecule is O=C(/C=C\I)NCc1ccccc1. The lowest BCUT2D eigenvalue weighted by molar-refractivity contribution is -0.116. The molecule has 0 atom stereocenters. The van der Waals surface area contributed by atoms with Gasteiger partial charge in [0.1, 0.15) is 0 Å². The number of carbonyl (C=O) groups is 1. The minimum Gasteiger partial charge on any atom is -0.348 e. The maximum absolute atomic E-state index is 11.0. The molecular formula is C10H10INO. The molecule has 0 spiro atoms. The standard InChI is InChI=1S/C10H10INO/c11-7-6-10(13)12-8-9-4-2-1-3-5-9/h1-7H,8H2,(H,12,13)/b7-6-. The molecule has 0 saturated carbocycles. The minimum absolute atomic E-state index is 0.0572. The third-order valence-electron chi connectivity index (χ3n) is 1.52. The summed E-state index contributed by atoms with van der Waals surface area (Å²) in [6.07, 6.45) is 1.50. The summed E-state index contributed by atoms with van der Waals surface area (Å²) in [5, 5.41) is 2.77. The van der Waals surface area contributed by atoms with Crippen LogP contribution in [0.4, 0.5) is 0 Å². The van der Waals surface area contributed by atoms with Gasteiger partial charge in [0.05, 0.1) is 0 Å². The molecule has 0 fully saturated rings. The summed E-state index contributed by atoms with van der Waals surface area (Å²) >= 11 is 2.02. The van der Waals surface area contributed by atoms with Crippen LogP contribution in [0.25, 0.3) is 0 Å². The van der Waals surface area contributed by atoms with Crippen LogP contribution >= 0.6 is 22.6 Å². The Hall–Kier alpha value is -0.840. The fourth-order valence-electron chi connectivity index (χ4n) is 0.901. The third-order valence-corrected chi connectivity index (χ3v) is 1.88. The van der Waals surface area contributed by atoms with Crippen molar-refractivity contribution in [1.29, 1.82) is 0 Å². The molecule has 0 heterocycles. The van der Waals surface area contributed by atoms with Crippen LogP contribution in [0, 0.1) is 0 Å². The smallest absolute Gasteiger partial charge is 0.244 e. The molecule has 0 radical (unpaired) electrons. The summed E-state index contributed by atoms with van der Waals surface area (Å²) in [4.78, 5) is 11.0. The van der Waals surface area contributed by atoms with Crippen molar-refractivity contribution in [1.82, 2.24) is 5.32 Å². The highest BCUT2D eigenvalue weighted by atomic mass is 127. The van der Waals surface area contributed by atoms with E-state index in [1.165, 1.54) is 6.08 Å². The first kappa shape index (κ1) is 10.2. The Labute approximate surface area is 91.2 Å². The number of rotatable bonds is 3. The third kappa shape index (κ3) is 4.07. The minimum atomic E-state index is -0.0572. The number of nitrogens with one attached hydrogen (secondary N) is 1. The van der Waals surface area contributed by atoms with Gasteiger partial charge in [-0.05, 0) is 9.65 Å². The van der Waals surface area contributed by atoms with Gasteiger partial charge in [-0.15, -0.1) is 0 Å². The molecule has 0 aliphatic heterocycles. The predicted octanol–water partition coefficient (Wildman–Crippen LogP) is 2.25. The summed E-state index contributed by atoms with van der Waals surface area (Å²) in [6, 6.07) is 9.82. The van der Waals surface area contributed by atoms with E-state index in [4.69, 9.17) is 0 Å². The highest BCUT2D eigenvalue weighted by Gasteiger charge is 1.94. The van der Waals surface area contributed by atoms with E-state index >= 15 is 0 Å². The van der Waals surface area contributed by atoms with E-state index in [1.54, 1.807) is 4.08 Å². The van der Waals surface area contributed by atoms with Crippen LogP contribution in [0.15, 0.2) is 40.5 Å². The first-order valence-electron chi connectivity index (χ1n) is 3.91. The van der Waals surface area contributed by atoms with Crippen LogP contribution in [-0.2, 0) is 11.3 Å². The molecule has 1 aromatic rings. The van der Waals surface area contributed by atoms with Gasteiger partial charge in [0.25, 0.3) is 0 Å². The Morgan fingerprint density at radius 2 is 2.08 bits per heavy atom. The molecule has 1 amide bonds. The van der Waals surface area contributed by atoms with Gasteiger partial charge >= 0.3 is 0 Å². The number of halogens is 1. The molecule has 0 aliphatic carbocycles. The van der Waals surface area contributed by atoms with Crippen molar-refractivity contribution in [3.8, 4) is 0 Å². The van der Waals surface area contributed by atoms with Crippen LogP contribution in [0.3, 0.4) is 0 Å². The quantitative estimate of drug-likeness (QED) is 0.670. The van der Waals surface area contributed by atoms with E-state index in [9.17, 15) is 4.79 Å². The molecular weight excluding hydrogens is 277 g/mol. The second-order valence-electron chi connectivity index (χ2n) is 2.50. The summed E-state index contributed by atoms with van der Waals surface area (Å²) in [5.74, 6) is -0.0572. The maximum Gasteiger partial charge on any atom is 0.244 e. The average molecular weight is 287 g/mol. The molecule has 1 rings (SSSR count). The first-order chi connectivity index (χ1) is 6.33. The van der Waals surface area contributed by atoms with Gasteiger partial charge in [-0.1, -0.05) is 52.9 Å². The van der Waals surface area contributed by atoms with Crippen molar-refractivity contribution in [3.05, 3.63) is 46.1 Å². The molecule has 13 heavy (non-hydrogen) atoms. The number of amides is 1. The van der Waals surface area contributed by atoms with Gasteiger partial charge in [0, 0.05) is 12.6 Å². The molecule has 0 aliphatic rings. The molecule has 2 nitrogen and oxygen atoms in total. The first-order valence-corrected chi connectivity index (χ1v) is 5.16. The highest BCUT2D eigenvalue weighted by molar-refractivity contribution is 14.1. The van der Waals surface area contributed by atoms with Crippen LogP contribution in [0.2, 0.25) is 0 Å². The van der Waals surface area contributed by atoms with Gasteiger partial charge in [-0.3, -0.25) is 4.79 Å². The zero-order chi connectivity index (χ0) is 9.52. The van der Waals surface area contributed by atoms with Crippen LogP contribution < -0.4 is 5.32 Å². The van der Waals surface area contributed by atoms with Gasteiger partial charge in [-0.25, -0.2) is 0 Å². The number of carbonyl (C=O) groups excluding carboxylic acids is 1. The lowest BCUT2D eigenvalue weighted by Gasteiger charge is -2.00. The topological polar surface area (TPSA) is 29.1 Å². The average Bonchev–Trinajstić information content (AvgIpc) is 2.17. The van der Waals surface area contributed by atoms with Gasteiger partial charge < -0.3 is 5.32 Å². The van der Waals surface area contributed by atoms with Crippen molar-refractivity contribution >= 4 is 28.5 Å². The largest absolute Gasteiger partial charge is 0.348 e. The summed E-state index contributed by atoms with van der Waals surface area (Å²) in [6.45, 7) is 0.584. The zero-order valence-electron chi connectivity index (χ0n) is 7.03. The molecule has 3 heteroatoms. The van der Waals surface area contributed by atoms with Crippen molar-refractivity contribution in [3.63, 3.8) is 0 Å². The van der Waals surface area contributed by atoms with Crippen molar-refractivity contribution in [2.45, 2.75) is 6.54 Å². The lowest BCUT2D eigenvalue weighted by Crippen LogP contribution is -2.19. The van der Waals surface area contributed by atoms with Gasteiger partial charge in [-0.2, -0.15) is 0 Å². The Bertz CT molecular complexity index is 295. The highest BCUT2D eigenvalue weighted by Crippen LogP contribution is 1.97. The normalized spacial score (nSPS) is 10.2. The fraction of sp³-hybridized carbons (Fsp3) is 0.100. The summed E-state index contributed by atoms with van der Waals surface area (Å²) in [7, 11) is 0. The number of benzene rings is 1. The number of hydrogen-bond donors (Lipinski definition) is 1. The maximum atomic E-state index is 11.0. The molecule has 0 unspecified atom stereocenters. The molecule has 68 valence electrons. The Morgan fingerprint density at radius 3 is 2.69 bits per heavy atom. The van der Waals surface area contributed by atoms with Gasteiger partial charge in [0.2, 0.25) is 5.91 Å². The molecule has 1 N–H and O–H groups in total. The lowest BCUT2D eigenvalue weighted by atomic mass is 10.2. The second-order valence-corrected chi connectivity index (χ2v) is 3.22. The van der Waals surface area contributed by atoms with Crippen LogP contribution in [-0.4, -0.2) is 5.91 Å². The van der Waals surface area contributed by atoms with E-state index in [0.29, 0.717) is 6.54 Å². The van der Waals surface area contributed by atoms with Gasteiger partial charge in [0.15, 0.2) is 0 Å². The zero-order valence-corrected chi connectivity index (χ0v) is 9.19. The molecule has 0 aromatic heterocycles. The van der Waals surface area contributed by atoms with E-state index in [-0.39, 0.29) is 5.91 Å².